The summed E-state index contributed by atoms with van der Waals surface area (Å²) in [6.07, 6.45) is 4.59. The van der Waals surface area contributed by atoms with Gasteiger partial charge in [-0.15, -0.1) is 5.10 Å². The Morgan fingerprint density at radius 1 is 1.20 bits per heavy atom. The van der Waals surface area contributed by atoms with Crippen LogP contribution >= 0.6 is 0 Å². The highest BCUT2D eigenvalue weighted by Crippen LogP contribution is 2.30. The molecule has 2 aromatic rings. The number of hydrogen-bond acceptors (Lipinski definition) is 5. The second kappa shape index (κ2) is 6.38. The first-order valence-corrected chi connectivity index (χ1v) is 6.85. The van der Waals surface area contributed by atoms with E-state index in [0.717, 1.165) is 37.6 Å². The van der Waals surface area contributed by atoms with Crippen LogP contribution in [0.25, 0.3) is 0 Å². The van der Waals surface area contributed by atoms with Crippen molar-refractivity contribution in [3.8, 4) is 11.5 Å². The van der Waals surface area contributed by atoms with E-state index in [9.17, 15) is 0 Å². The minimum absolute atomic E-state index is 0.627. The molecule has 0 aliphatic carbocycles. The molecule has 0 bridgehead atoms. The van der Waals surface area contributed by atoms with E-state index in [1.807, 2.05) is 23.0 Å². The first-order chi connectivity index (χ1) is 9.92. The fourth-order valence-corrected chi connectivity index (χ4v) is 2.15. The Hall–Kier alpha value is -2.08. The highest BCUT2D eigenvalue weighted by atomic mass is 16.6. The smallest absolute Gasteiger partial charge is 0.161 e. The molecule has 2 heterocycles. The zero-order valence-electron chi connectivity index (χ0n) is 11.3. The summed E-state index contributed by atoms with van der Waals surface area (Å²) in [5.41, 5.74) is 1.20. The molecule has 1 aromatic heterocycles. The van der Waals surface area contributed by atoms with Crippen molar-refractivity contribution in [1.29, 1.82) is 0 Å². The van der Waals surface area contributed by atoms with Crippen molar-refractivity contribution in [1.82, 2.24) is 20.3 Å². The minimum atomic E-state index is 0.627. The lowest BCUT2D eigenvalue weighted by atomic mass is 10.2. The highest BCUT2D eigenvalue weighted by Gasteiger charge is 2.11. The Labute approximate surface area is 117 Å². The molecule has 0 radical (unpaired) electrons. The van der Waals surface area contributed by atoms with Crippen LogP contribution in [0.4, 0.5) is 0 Å². The molecule has 0 saturated heterocycles. The highest BCUT2D eigenvalue weighted by molar-refractivity contribution is 5.43. The number of nitrogens with zero attached hydrogens (tertiary/aromatic N) is 3. The Morgan fingerprint density at radius 3 is 2.95 bits per heavy atom. The van der Waals surface area contributed by atoms with Gasteiger partial charge in [0.05, 0.1) is 6.20 Å². The number of nitrogens with one attached hydrogen (secondary N) is 1. The van der Waals surface area contributed by atoms with Crippen LogP contribution in [0.5, 0.6) is 11.5 Å². The SMILES string of the molecule is c1cn(CCCNCc2ccc3c(c2)OCCO3)nn1. The predicted molar refractivity (Wildman–Crippen MR) is 73.8 cm³/mol. The molecule has 0 unspecified atom stereocenters. The van der Waals surface area contributed by atoms with Crippen LogP contribution < -0.4 is 14.8 Å². The summed E-state index contributed by atoms with van der Waals surface area (Å²) >= 11 is 0. The molecule has 1 aliphatic rings. The second-order valence-electron chi connectivity index (χ2n) is 4.67. The van der Waals surface area contributed by atoms with E-state index in [4.69, 9.17) is 9.47 Å². The van der Waals surface area contributed by atoms with Gasteiger partial charge in [0, 0.05) is 19.3 Å². The summed E-state index contributed by atoms with van der Waals surface area (Å²) < 4.78 is 12.9. The van der Waals surface area contributed by atoms with Crippen molar-refractivity contribution in [3.63, 3.8) is 0 Å². The van der Waals surface area contributed by atoms with Gasteiger partial charge in [0.2, 0.25) is 0 Å². The van der Waals surface area contributed by atoms with Crippen LogP contribution in [0, 0.1) is 0 Å². The van der Waals surface area contributed by atoms with Crippen molar-refractivity contribution >= 4 is 0 Å². The zero-order chi connectivity index (χ0) is 13.6. The topological polar surface area (TPSA) is 61.2 Å². The van der Waals surface area contributed by atoms with Gasteiger partial charge >= 0.3 is 0 Å². The van der Waals surface area contributed by atoms with Gasteiger partial charge in [-0.25, -0.2) is 0 Å². The van der Waals surface area contributed by atoms with E-state index >= 15 is 0 Å². The lowest BCUT2D eigenvalue weighted by Crippen LogP contribution is -2.18. The molecule has 6 heteroatoms. The summed E-state index contributed by atoms with van der Waals surface area (Å²) in [6, 6.07) is 6.08. The number of fused-ring (bicyclic) bond motifs is 1. The standard InChI is InChI=1S/C14H18N4O2/c1(6-18-7-5-16-17-18)4-15-11-12-2-3-13-14(10-12)20-9-8-19-13/h2-3,5,7,10,15H,1,4,6,8-9,11H2. The van der Waals surface area contributed by atoms with Gasteiger partial charge in [-0.3, -0.25) is 4.68 Å². The molecule has 0 amide bonds. The molecule has 0 spiro atoms. The summed E-state index contributed by atoms with van der Waals surface area (Å²) in [5.74, 6) is 1.68. The van der Waals surface area contributed by atoms with Crippen molar-refractivity contribution in [2.24, 2.45) is 0 Å². The van der Waals surface area contributed by atoms with Gasteiger partial charge in [-0.2, -0.15) is 0 Å². The lowest BCUT2D eigenvalue weighted by Gasteiger charge is -2.19. The van der Waals surface area contributed by atoms with Gasteiger partial charge < -0.3 is 14.8 Å². The molecular weight excluding hydrogens is 256 g/mol. The molecule has 0 atom stereocenters. The van der Waals surface area contributed by atoms with E-state index in [2.05, 4.69) is 21.7 Å². The van der Waals surface area contributed by atoms with Crippen LogP contribution in [0.15, 0.2) is 30.6 Å². The number of ether oxygens (including phenoxy) is 2. The quantitative estimate of drug-likeness (QED) is 0.803. The van der Waals surface area contributed by atoms with Gasteiger partial charge in [0.15, 0.2) is 11.5 Å². The number of rotatable bonds is 6. The minimum Gasteiger partial charge on any atom is -0.486 e. The molecule has 0 saturated carbocycles. The average Bonchev–Trinajstić information content (AvgIpc) is 3.00. The van der Waals surface area contributed by atoms with Crippen molar-refractivity contribution < 1.29 is 9.47 Å². The van der Waals surface area contributed by atoms with E-state index in [0.29, 0.717) is 13.2 Å². The van der Waals surface area contributed by atoms with Gasteiger partial charge in [-0.05, 0) is 30.7 Å². The summed E-state index contributed by atoms with van der Waals surface area (Å²) in [5, 5.41) is 11.1. The maximum atomic E-state index is 5.57. The molecule has 6 nitrogen and oxygen atoms in total. The third-order valence-corrected chi connectivity index (χ3v) is 3.15. The third kappa shape index (κ3) is 3.27. The largest absolute Gasteiger partial charge is 0.486 e. The molecule has 1 aromatic carbocycles. The average molecular weight is 274 g/mol. The molecule has 0 fully saturated rings. The van der Waals surface area contributed by atoms with E-state index in [1.54, 1.807) is 6.20 Å². The van der Waals surface area contributed by atoms with Gasteiger partial charge in [-0.1, -0.05) is 11.3 Å². The van der Waals surface area contributed by atoms with E-state index in [1.165, 1.54) is 5.56 Å². The maximum absolute atomic E-state index is 5.57. The predicted octanol–water partition coefficient (Wildman–Crippen LogP) is 1.23. The summed E-state index contributed by atoms with van der Waals surface area (Å²) in [7, 11) is 0. The Balaban J connectivity index is 1.42. The first-order valence-electron chi connectivity index (χ1n) is 6.85. The van der Waals surface area contributed by atoms with Crippen LogP contribution in [0.1, 0.15) is 12.0 Å². The maximum Gasteiger partial charge on any atom is 0.161 e. The van der Waals surface area contributed by atoms with Crippen molar-refractivity contribution in [2.45, 2.75) is 19.5 Å². The summed E-state index contributed by atoms with van der Waals surface area (Å²) in [6.45, 7) is 3.91. The van der Waals surface area contributed by atoms with E-state index in [-0.39, 0.29) is 0 Å². The number of aromatic nitrogens is 3. The fourth-order valence-electron chi connectivity index (χ4n) is 2.15. The number of benzene rings is 1. The Kier molecular flexibility index (Phi) is 4.13. The molecular formula is C14H18N4O2. The van der Waals surface area contributed by atoms with E-state index < -0.39 is 0 Å². The number of hydrogen-bond donors (Lipinski definition) is 1. The second-order valence-corrected chi connectivity index (χ2v) is 4.67. The fraction of sp³-hybridized carbons (Fsp3) is 0.429. The first kappa shape index (κ1) is 12.9. The monoisotopic (exact) mass is 274 g/mol. The van der Waals surface area contributed by atoms with Crippen molar-refractivity contribution in [2.75, 3.05) is 19.8 Å². The van der Waals surface area contributed by atoms with Crippen molar-refractivity contribution in [3.05, 3.63) is 36.2 Å². The third-order valence-electron chi connectivity index (χ3n) is 3.15. The molecule has 20 heavy (non-hydrogen) atoms. The van der Waals surface area contributed by atoms with Gasteiger partial charge in [0.25, 0.3) is 0 Å². The Bertz CT molecular complexity index is 542. The lowest BCUT2D eigenvalue weighted by molar-refractivity contribution is 0.171. The zero-order valence-corrected chi connectivity index (χ0v) is 11.3. The van der Waals surface area contributed by atoms with Gasteiger partial charge in [0.1, 0.15) is 13.2 Å². The molecule has 1 aliphatic heterocycles. The van der Waals surface area contributed by atoms with Crippen LogP contribution in [-0.2, 0) is 13.1 Å². The molecule has 3 rings (SSSR count). The van der Waals surface area contributed by atoms with Crippen LogP contribution in [-0.4, -0.2) is 34.8 Å². The van der Waals surface area contributed by atoms with Crippen LogP contribution in [0.3, 0.4) is 0 Å². The number of aryl methyl sites for hydroxylation is 1. The normalized spacial score (nSPS) is 13.4. The Morgan fingerprint density at radius 2 is 2.10 bits per heavy atom. The summed E-state index contributed by atoms with van der Waals surface area (Å²) in [4.78, 5) is 0. The molecule has 106 valence electrons. The van der Waals surface area contributed by atoms with Crippen LogP contribution in [0.2, 0.25) is 0 Å². The molecule has 1 N–H and O–H groups in total.